The van der Waals surface area contributed by atoms with Crippen molar-refractivity contribution in [3.63, 3.8) is 0 Å². The molecular formula is C18H26BrN2O3+. The first kappa shape index (κ1) is 18.9. The summed E-state index contributed by atoms with van der Waals surface area (Å²) in [6.07, 6.45) is 2.36. The van der Waals surface area contributed by atoms with Crippen LogP contribution in [-0.2, 0) is 14.3 Å². The lowest BCUT2D eigenvalue weighted by Crippen LogP contribution is -3.13. The van der Waals surface area contributed by atoms with E-state index in [1.54, 1.807) is 0 Å². The Hall–Kier alpha value is -1.40. The molecule has 1 saturated heterocycles. The van der Waals surface area contributed by atoms with Crippen LogP contribution in [0.25, 0.3) is 0 Å². The van der Waals surface area contributed by atoms with Crippen LogP contribution >= 0.6 is 15.9 Å². The number of quaternary nitrogens is 1. The third-order valence-corrected chi connectivity index (χ3v) is 5.27. The second kappa shape index (κ2) is 9.18. The van der Waals surface area contributed by atoms with Gasteiger partial charge in [-0.2, -0.15) is 0 Å². The topological polar surface area (TPSA) is 59.8 Å². The van der Waals surface area contributed by atoms with Gasteiger partial charge in [-0.25, -0.2) is 0 Å². The van der Waals surface area contributed by atoms with Crippen molar-refractivity contribution in [2.75, 3.05) is 31.6 Å². The Morgan fingerprint density at radius 3 is 2.92 bits per heavy atom. The number of benzene rings is 1. The highest BCUT2D eigenvalue weighted by atomic mass is 79.9. The molecule has 1 amide bonds. The number of carbonyl (C=O) groups excluding carboxylic acids is 2. The normalized spacial score (nSPS) is 20.5. The van der Waals surface area contributed by atoms with Gasteiger partial charge >= 0.3 is 5.97 Å². The Balaban J connectivity index is 1.78. The minimum atomic E-state index is -0.0931. The number of ether oxygens (including phenoxy) is 1. The van der Waals surface area contributed by atoms with E-state index >= 15 is 0 Å². The van der Waals surface area contributed by atoms with Crippen molar-refractivity contribution in [3.8, 4) is 0 Å². The quantitative estimate of drug-likeness (QED) is 0.721. The van der Waals surface area contributed by atoms with Crippen molar-refractivity contribution in [1.29, 1.82) is 0 Å². The van der Waals surface area contributed by atoms with E-state index in [2.05, 4.69) is 21.2 Å². The number of esters is 1. The molecule has 0 aliphatic carbocycles. The Labute approximate surface area is 151 Å². The fourth-order valence-corrected chi connectivity index (χ4v) is 3.32. The molecule has 0 radical (unpaired) electrons. The number of piperidine rings is 1. The molecule has 2 atom stereocenters. The van der Waals surface area contributed by atoms with Gasteiger partial charge in [-0.1, -0.05) is 15.9 Å². The highest BCUT2D eigenvalue weighted by molar-refractivity contribution is 9.10. The van der Waals surface area contributed by atoms with E-state index in [9.17, 15) is 9.59 Å². The maximum Gasteiger partial charge on any atom is 0.314 e. The second-order valence-corrected chi connectivity index (χ2v) is 7.16. The summed E-state index contributed by atoms with van der Waals surface area (Å²) in [5.41, 5.74) is 1.91. The molecule has 1 aliphatic rings. The first-order valence-corrected chi connectivity index (χ1v) is 9.35. The Bertz CT molecular complexity index is 592. The number of rotatable bonds is 6. The van der Waals surface area contributed by atoms with Crippen LogP contribution in [0.1, 0.15) is 31.7 Å². The lowest BCUT2D eigenvalue weighted by atomic mass is 9.98. The predicted octanol–water partition coefficient (Wildman–Crippen LogP) is 1.94. The molecule has 2 N–H and O–H groups in total. The van der Waals surface area contributed by atoms with E-state index < -0.39 is 0 Å². The Kier molecular flexibility index (Phi) is 7.24. The summed E-state index contributed by atoms with van der Waals surface area (Å²) in [5.74, 6) is -0.0992. The number of anilines is 1. The predicted molar refractivity (Wildman–Crippen MR) is 97.0 cm³/mol. The highest BCUT2D eigenvalue weighted by Crippen LogP contribution is 2.20. The summed E-state index contributed by atoms with van der Waals surface area (Å²) in [7, 11) is 0. The number of amides is 1. The number of nitrogens with one attached hydrogen (secondary N) is 2. The van der Waals surface area contributed by atoms with E-state index in [-0.39, 0.29) is 17.8 Å². The van der Waals surface area contributed by atoms with E-state index in [1.165, 1.54) is 4.90 Å². The molecule has 1 aromatic carbocycles. The maximum absolute atomic E-state index is 12.1. The first-order valence-electron chi connectivity index (χ1n) is 8.55. The van der Waals surface area contributed by atoms with Crippen molar-refractivity contribution in [3.05, 3.63) is 28.2 Å². The Morgan fingerprint density at radius 1 is 1.42 bits per heavy atom. The average molecular weight is 398 g/mol. The van der Waals surface area contributed by atoms with Gasteiger partial charge in [0, 0.05) is 10.2 Å². The Morgan fingerprint density at radius 2 is 2.21 bits per heavy atom. The van der Waals surface area contributed by atoms with E-state index in [0.717, 1.165) is 48.2 Å². The van der Waals surface area contributed by atoms with Crippen LogP contribution < -0.4 is 10.2 Å². The van der Waals surface area contributed by atoms with Crippen molar-refractivity contribution in [2.45, 2.75) is 33.1 Å². The van der Waals surface area contributed by atoms with Gasteiger partial charge in [0.05, 0.1) is 32.7 Å². The number of carbonyl (C=O) groups is 2. The fraction of sp³-hybridized carbons (Fsp3) is 0.556. The summed E-state index contributed by atoms with van der Waals surface area (Å²) in [6.45, 7) is 6.79. The number of aryl methyl sites for hydroxylation is 1. The zero-order valence-corrected chi connectivity index (χ0v) is 15.9. The maximum atomic E-state index is 12.1. The molecule has 0 saturated carbocycles. The van der Waals surface area contributed by atoms with Gasteiger partial charge in [0.2, 0.25) is 5.91 Å². The van der Waals surface area contributed by atoms with Gasteiger partial charge in [-0.15, -0.1) is 0 Å². The highest BCUT2D eigenvalue weighted by Gasteiger charge is 2.29. The van der Waals surface area contributed by atoms with Crippen molar-refractivity contribution in [1.82, 2.24) is 0 Å². The third-order valence-electron chi connectivity index (χ3n) is 4.39. The molecule has 1 aliphatic heterocycles. The number of likely N-dealkylation sites (tertiary alicyclic amines) is 1. The van der Waals surface area contributed by atoms with Gasteiger partial charge in [0.15, 0.2) is 0 Å². The number of halogens is 1. The molecule has 1 aromatic rings. The largest absolute Gasteiger partial charge is 0.466 e. The van der Waals surface area contributed by atoms with Crippen LogP contribution in [0.5, 0.6) is 0 Å². The van der Waals surface area contributed by atoms with Gasteiger partial charge in [0.1, 0.15) is 5.92 Å². The van der Waals surface area contributed by atoms with Crippen molar-refractivity contribution < 1.29 is 19.2 Å². The molecular weight excluding hydrogens is 372 g/mol. The summed E-state index contributed by atoms with van der Waals surface area (Å²) >= 11 is 3.45. The standard InChI is InChI=1S/C18H25BrN2O3/c1-3-24-18(23)14-5-4-9-21(12-14)10-8-17(22)20-15-6-7-16(19)13(2)11-15/h6-7,11,14H,3-5,8-10,12H2,1-2H3,(H,20,22)/p+1/t14-/m1/s1. The van der Waals surface area contributed by atoms with E-state index in [4.69, 9.17) is 4.74 Å². The van der Waals surface area contributed by atoms with Crippen LogP contribution in [0.2, 0.25) is 0 Å². The minimum Gasteiger partial charge on any atom is -0.466 e. The average Bonchev–Trinajstić information content (AvgIpc) is 2.57. The SMILES string of the molecule is CCOC(=O)[C@@H]1CCC[NH+](CCC(=O)Nc2ccc(Br)c(C)c2)C1. The van der Waals surface area contributed by atoms with E-state index in [0.29, 0.717) is 13.0 Å². The van der Waals surface area contributed by atoms with Gasteiger partial charge < -0.3 is 15.0 Å². The molecule has 1 unspecified atom stereocenters. The van der Waals surface area contributed by atoms with Crippen LogP contribution in [-0.4, -0.2) is 38.1 Å². The lowest BCUT2D eigenvalue weighted by Gasteiger charge is -2.28. The molecule has 6 heteroatoms. The fourth-order valence-electron chi connectivity index (χ4n) is 3.08. The zero-order chi connectivity index (χ0) is 17.5. The van der Waals surface area contributed by atoms with Crippen LogP contribution in [0.3, 0.4) is 0 Å². The molecule has 0 spiro atoms. The monoisotopic (exact) mass is 397 g/mol. The van der Waals surface area contributed by atoms with Crippen molar-refractivity contribution in [2.24, 2.45) is 5.92 Å². The molecule has 0 aromatic heterocycles. The van der Waals surface area contributed by atoms with Crippen molar-refractivity contribution >= 4 is 33.5 Å². The molecule has 5 nitrogen and oxygen atoms in total. The molecule has 1 fully saturated rings. The molecule has 132 valence electrons. The molecule has 24 heavy (non-hydrogen) atoms. The van der Waals surface area contributed by atoms with Crippen LogP contribution in [0, 0.1) is 12.8 Å². The second-order valence-electron chi connectivity index (χ2n) is 6.31. The van der Waals surface area contributed by atoms with Crippen LogP contribution in [0.4, 0.5) is 5.69 Å². The number of hydrogen-bond acceptors (Lipinski definition) is 3. The summed E-state index contributed by atoms with van der Waals surface area (Å²) in [5, 5.41) is 2.94. The van der Waals surface area contributed by atoms with Gasteiger partial charge in [-0.3, -0.25) is 9.59 Å². The lowest BCUT2D eigenvalue weighted by molar-refractivity contribution is -0.906. The smallest absolute Gasteiger partial charge is 0.314 e. The zero-order valence-electron chi connectivity index (χ0n) is 14.4. The molecule has 1 heterocycles. The first-order chi connectivity index (χ1) is 11.5. The van der Waals surface area contributed by atoms with Gasteiger partial charge in [0.25, 0.3) is 0 Å². The molecule has 2 rings (SSSR count). The van der Waals surface area contributed by atoms with E-state index in [1.807, 2.05) is 32.0 Å². The summed E-state index contributed by atoms with van der Waals surface area (Å²) < 4.78 is 6.15. The minimum absolute atomic E-state index is 0.0162. The van der Waals surface area contributed by atoms with Crippen LogP contribution in [0.15, 0.2) is 22.7 Å². The molecule has 0 bridgehead atoms. The van der Waals surface area contributed by atoms with Gasteiger partial charge in [-0.05, 0) is 50.5 Å². The summed E-state index contributed by atoms with van der Waals surface area (Å²) in [6, 6.07) is 5.77. The summed E-state index contributed by atoms with van der Waals surface area (Å²) in [4.78, 5) is 25.3. The number of hydrogen-bond donors (Lipinski definition) is 2. The third kappa shape index (κ3) is 5.60.